The molecule has 0 atom stereocenters. The fourth-order valence-corrected chi connectivity index (χ4v) is 4.46. The number of hydrogen-bond acceptors (Lipinski definition) is 8. The first-order valence-corrected chi connectivity index (χ1v) is 11.9. The summed E-state index contributed by atoms with van der Waals surface area (Å²) >= 11 is 0. The number of urea groups is 1. The van der Waals surface area contributed by atoms with Crippen LogP contribution in [0.1, 0.15) is 0 Å². The summed E-state index contributed by atoms with van der Waals surface area (Å²) in [5.74, 6) is 2.09. The van der Waals surface area contributed by atoms with Crippen LogP contribution in [0.2, 0.25) is 0 Å². The number of amides is 2. The van der Waals surface area contributed by atoms with Crippen molar-refractivity contribution in [2.75, 3.05) is 59.8 Å². The molecule has 2 fully saturated rings. The minimum atomic E-state index is -0.363. The Morgan fingerprint density at radius 3 is 2.56 bits per heavy atom. The van der Waals surface area contributed by atoms with Crippen molar-refractivity contribution in [3.05, 3.63) is 54.9 Å². The van der Waals surface area contributed by atoms with Crippen LogP contribution in [0, 0.1) is 0 Å². The Hall–Kier alpha value is -4.22. The van der Waals surface area contributed by atoms with E-state index in [1.165, 1.54) is 0 Å². The number of hydrogen-bond donors (Lipinski definition) is 4. The number of morpholine rings is 1. The van der Waals surface area contributed by atoms with Crippen molar-refractivity contribution in [2.45, 2.75) is 6.04 Å². The first kappa shape index (κ1) is 22.3. The predicted molar refractivity (Wildman–Crippen MR) is 139 cm³/mol. The lowest BCUT2D eigenvalue weighted by Crippen LogP contribution is -2.55. The number of aromatic nitrogens is 4. The average molecular weight is 486 g/mol. The molecule has 0 aliphatic carbocycles. The van der Waals surface area contributed by atoms with Gasteiger partial charge >= 0.3 is 6.03 Å². The summed E-state index contributed by atoms with van der Waals surface area (Å²) in [6.07, 6.45) is 3.47. The number of ether oxygens (including phenoxy) is 1. The van der Waals surface area contributed by atoms with Gasteiger partial charge in [-0.15, -0.1) is 0 Å². The van der Waals surface area contributed by atoms with Crippen molar-refractivity contribution in [3.8, 4) is 11.4 Å². The average Bonchev–Trinajstić information content (AvgIpc) is 3.32. The molecule has 11 heteroatoms. The number of benzene rings is 1. The molecule has 2 aliphatic heterocycles. The highest BCUT2D eigenvalue weighted by molar-refractivity contribution is 5.99. The number of H-pyrrole nitrogens is 1. The van der Waals surface area contributed by atoms with E-state index in [2.05, 4.69) is 35.4 Å². The molecule has 4 aromatic rings. The number of rotatable bonds is 5. The fourth-order valence-electron chi connectivity index (χ4n) is 4.46. The molecule has 2 amide bonds. The van der Waals surface area contributed by atoms with Crippen molar-refractivity contribution in [1.29, 1.82) is 0 Å². The van der Waals surface area contributed by atoms with E-state index in [-0.39, 0.29) is 12.1 Å². The quantitative estimate of drug-likeness (QED) is 0.339. The fraction of sp³-hybridized carbons (Fsp3) is 0.280. The van der Waals surface area contributed by atoms with Crippen molar-refractivity contribution in [2.24, 2.45) is 5.73 Å². The zero-order valence-electron chi connectivity index (χ0n) is 19.6. The highest BCUT2D eigenvalue weighted by Crippen LogP contribution is 2.28. The number of carbonyl (C=O) groups is 1. The first-order chi connectivity index (χ1) is 17.6. The monoisotopic (exact) mass is 485 g/mol. The van der Waals surface area contributed by atoms with Gasteiger partial charge in [0.2, 0.25) is 0 Å². The number of nitrogens with one attached hydrogen (secondary N) is 3. The SMILES string of the molecule is NC1CN(c2ccnc(NC(=O)Nc3ccc(-c4nc5c(N6CCOCC6)nccc5[nH]4)cc3)c2)C1. The van der Waals surface area contributed by atoms with Crippen molar-refractivity contribution >= 4 is 40.1 Å². The Morgan fingerprint density at radius 2 is 1.78 bits per heavy atom. The minimum absolute atomic E-state index is 0.198. The zero-order valence-corrected chi connectivity index (χ0v) is 19.6. The molecule has 5 heterocycles. The van der Waals surface area contributed by atoms with Crippen molar-refractivity contribution in [3.63, 3.8) is 0 Å². The van der Waals surface area contributed by atoms with Crippen LogP contribution in [0.25, 0.3) is 22.4 Å². The molecule has 0 bridgehead atoms. The van der Waals surface area contributed by atoms with Gasteiger partial charge < -0.3 is 30.6 Å². The molecule has 36 heavy (non-hydrogen) atoms. The first-order valence-electron chi connectivity index (χ1n) is 11.9. The predicted octanol–water partition coefficient (Wildman–Crippen LogP) is 2.65. The van der Waals surface area contributed by atoms with Gasteiger partial charge in [0.1, 0.15) is 17.2 Å². The second-order valence-corrected chi connectivity index (χ2v) is 8.94. The maximum absolute atomic E-state index is 12.5. The van der Waals surface area contributed by atoms with Gasteiger partial charge in [-0.1, -0.05) is 0 Å². The second-order valence-electron chi connectivity index (χ2n) is 8.94. The molecule has 5 N–H and O–H groups in total. The third-order valence-electron chi connectivity index (χ3n) is 6.37. The van der Waals surface area contributed by atoms with Crippen molar-refractivity contribution in [1.82, 2.24) is 19.9 Å². The molecule has 0 spiro atoms. The Bertz CT molecular complexity index is 1380. The van der Waals surface area contributed by atoms with E-state index in [1.54, 1.807) is 12.4 Å². The van der Waals surface area contributed by atoms with Gasteiger partial charge in [-0.3, -0.25) is 5.32 Å². The Kier molecular flexibility index (Phi) is 5.84. The van der Waals surface area contributed by atoms with E-state index in [0.717, 1.165) is 60.1 Å². The van der Waals surface area contributed by atoms with Gasteiger partial charge in [0.15, 0.2) is 5.82 Å². The largest absolute Gasteiger partial charge is 0.378 e. The lowest BCUT2D eigenvalue weighted by atomic mass is 10.1. The molecular weight excluding hydrogens is 458 g/mol. The molecule has 6 rings (SSSR count). The normalized spacial score (nSPS) is 16.1. The van der Waals surface area contributed by atoms with E-state index in [9.17, 15) is 4.79 Å². The lowest BCUT2D eigenvalue weighted by molar-refractivity contribution is 0.122. The molecule has 0 saturated carbocycles. The van der Waals surface area contributed by atoms with Crippen LogP contribution >= 0.6 is 0 Å². The number of nitrogens with zero attached hydrogens (tertiary/aromatic N) is 5. The number of fused-ring (bicyclic) bond motifs is 1. The molecular formula is C25H27N9O2. The van der Waals surface area contributed by atoms with Crippen LogP contribution in [0.3, 0.4) is 0 Å². The highest BCUT2D eigenvalue weighted by Gasteiger charge is 2.23. The minimum Gasteiger partial charge on any atom is -0.378 e. The lowest BCUT2D eigenvalue weighted by Gasteiger charge is -2.38. The van der Waals surface area contributed by atoms with Crippen LogP contribution in [-0.4, -0.2) is 71.4 Å². The van der Waals surface area contributed by atoms with Gasteiger partial charge in [-0.25, -0.2) is 19.7 Å². The smallest absolute Gasteiger partial charge is 0.324 e. The van der Waals surface area contributed by atoms with E-state index in [1.807, 2.05) is 42.5 Å². The van der Waals surface area contributed by atoms with Crippen LogP contribution in [0.15, 0.2) is 54.9 Å². The summed E-state index contributed by atoms with van der Waals surface area (Å²) in [5.41, 5.74) is 10.2. The van der Waals surface area contributed by atoms with Gasteiger partial charge in [-0.2, -0.15) is 0 Å². The van der Waals surface area contributed by atoms with E-state index in [0.29, 0.717) is 24.7 Å². The third kappa shape index (κ3) is 4.53. The Balaban J connectivity index is 1.13. The number of pyridine rings is 2. The topological polar surface area (TPSA) is 137 Å². The van der Waals surface area contributed by atoms with Crippen LogP contribution < -0.4 is 26.2 Å². The number of anilines is 4. The van der Waals surface area contributed by atoms with E-state index >= 15 is 0 Å². The molecule has 184 valence electrons. The Morgan fingerprint density at radius 1 is 1.00 bits per heavy atom. The molecule has 11 nitrogen and oxygen atoms in total. The molecule has 0 radical (unpaired) electrons. The van der Waals surface area contributed by atoms with E-state index < -0.39 is 0 Å². The van der Waals surface area contributed by atoms with Gasteiger partial charge in [0.05, 0.1) is 18.7 Å². The van der Waals surface area contributed by atoms with Gasteiger partial charge in [0, 0.05) is 67.6 Å². The molecule has 0 unspecified atom stereocenters. The maximum atomic E-state index is 12.5. The molecule has 3 aromatic heterocycles. The highest BCUT2D eigenvalue weighted by atomic mass is 16.5. The maximum Gasteiger partial charge on any atom is 0.324 e. The van der Waals surface area contributed by atoms with Crippen molar-refractivity contribution < 1.29 is 9.53 Å². The number of aromatic amines is 1. The number of imidazole rings is 1. The summed E-state index contributed by atoms with van der Waals surface area (Å²) in [6, 6.07) is 13.0. The molecule has 2 aliphatic rings. The van der Waals surface area contributed by atoms with Gasteiger partial charge in [-0.05, 0) is 36.4 Å². The Labute approximate surface area is 207 Å². The van der Waals surface area contributed by atoms with Gasteiger partial charge in [0.25, 0.3) is 0 Å². The summed E-state index contributed by atoms with van der Waals surface area (Å²) in [5, 5.41) is 5.64. The standard InChI is InChI=1S/C25H27N9O2/c26-17-14-34(15-17)19-5-7-27-21(13-19)31-25(35)29-18-3-1-16(2-4-18)23-30-20-6-8-28-24(22(20)32-23)33-9-11-36-12-10-33/h1-8,13,17H,9-12,14-15,26H2,(H,30,32)(H2,27,29,31,35). The third-order valence-corrected chi connectivity index (χ3v) is 6.37. The molecule has 2 saturated heterocycles. The molecule has 1 aromatic carbocycles. The van der Waals surface area contributed by atoms with Crippen LogP contribution in [-0.2, 0) is 4.74 Å². The number of carbonyl (C=O) groups excluding carboxylic acids is 1. The second kappa shape index (κ2) is 9.44. The summed E-state index contributed by atoms with van der Waals surface area (Å²) in [6.45, 7) is 4.57. The summed E-state index contributed by atoms with van der Waals surface area (Å²) < 4.78 is 5.46. The van der Waals surface area contributed by atoms with Crippen LogP contribution in [0.5, 0.6) is 0 Å². The summed E-state index contributed by atoms with van der Waals surface area (Å²) in [7, 11) is 0. The summed E-state index contributed by atoms with van der Waals surface area (Å²) in [4.78, 5) is 33.9. The number of nitrogens with two attached hydrogens (primary N) is 1. The van der Waals surface area contributed by atoms with Crippen LogP contribution in [0.4, 0.5) is 27.8 Å². The van der Waals surface area contributed by atoms with E-state index in [4.69, 9.17) is 15.5 Å². The zero-order chi connectivity index (χ0) is 24.5.